The fourth-order valence-electron chi connectivity index (χ4n) is 2.18. The normalized spacial score (nSPS) is 19.7. The van der Waals surface area contributed by atoms with Crippen molar-refractivity contribution in [2.75, 3.05) is 20.2 Å². The van der Waals surface area contributed by atoms with Crippen molar-refractivity contribution in [1.82, 2.24) is 4.90 Å². The van der Waals surface area contributed by atoms with E-state index in [1.807, 2.05) is 18.2 Å². The van der Waals surface area contributed by atoms with Crippen molar-refractivity contribution in [3.05, 3.63) is 35.9 Å². The molecule has 94 valence electrons. The molecule has 0 amide bonds. The van der Waals surface area contributed by atoms with Crippen LogP contribution in [0.5, 0.6) is 0 Å². The van der Waals surface area contributed by atoms with Crippen molar-refractivity contribution < 1.29 is 9.53 Å². The zero-order valence-electron chi connectivity index (χ0n) is 9.96. The summed E-state index contributed by atoms with van der Waals surface area (Å²) in [6, 6.07) is 10.3. The fraction of sp³-hybridized carbons (Fsp3) is 0.462. The minimum absolute atomic E-state index is 0. The summed E-state index contributed by atoms with van der Waals surface area (Å²) in [5.74, 6) is -0.00993. The first kappa shape index (κ1) is 14.0. The Kier molecular flexibility index (Phi) is 5.45. The molecule has 0 N–H and O–H groups in total. The summed E-state index contributed by atoms with van der Waals surface area (Å²) in [5.41, 5.74) is 1.30. The van der Waals surface area contributed by atoms with Gasteiger partial charge in [-0.05, 0) is 18.5 Å². The largest absolute Gasteiger partial charge is 0.469 e. The third kappa shape index (κ3) is 3.72. The number of carbonyl (C=O) groups is 1. The highest BCUT2D eigenvalue weighted by Crippen LogP contribution is 2.19. The average Bonchev–Trinajstić information content (AvgIpc) is 2.78. The Morgan fingerprint density at radius 1 is 1.41 bits per heavy atom. The first-order valence-corrected chi connectivity index (χ1v) is 5.63. The van der Waals surface area contributed by atoms with Gasteiger partial charge in [0.05, 0.1) is 13.0 Å². The van der Waals surface area contributed by atoms with Crippen LogP contribution in [0.4, 0.5) is 0 Å². The molecule has 4 heteroatoms. The van der Waals surface area contributed by atoms with Crippen LogP contribution in [0.1, 0.15) is 12.0 Å². The van der Waals surface area contributed by atoms with Gasteiger partial charge in [-0.3, -0.25) is 9.69 Å². The van der Waals surface area contributed by atoms with Crippen molar-refractivity contribution in [1.29, 1.82) is 0 Å². The molecule has 0 aliphatic carbocycles. The van der Waals surface area contributed by atoms with Gasteiger partial charge in [0.15, 0.2) is 0 Å². The first-order chi connectivity index (χ1) is 7.79. The summed E-state index contributed by atoms with van der Waals surface area (Å²) in [4.78, 5) is 13.7. The maximum absolute atomic E-state index is 11.4. The smallest absolute Gasteiger partial charge is 0.310 e. The van der Waals surface area contributed by atoms with Gasteiger partial charge in [-0.1, -0.05) is 30.3 Å². The monoisotopic (exact) mass is 255 g/mol. The van der Waals surface area contributed by atoms with Crippen LogP contribution in [-0.4, -0.2) is 31.1 Å². The number of likely N-dealkylation sites (tertiary alicyclic amines) is 1. The third-order valence-corrected chi connectivity index (χ3v) is 3.06. The van der Waals surface area contributed by atoms with Gasteiger partial charge in [-0.15, -0.1) is 12.4 Å². The van der Waals surface area contributed by atoms with Crippen LogP contribution in [0.2, 0.25) is 0 Å². The number of hydrogen-bond acceptors (Lipinski definition) is 3. The lowest BCUT2D eigenvalue weighted by Crippen LogP contribution is -2.23. The molecule has 2 rings (SSSR count). The second-order valence-corrected chi connectivity index (χ2v) is 4.23. The van der Waals surface area contributed by atoms with E-state index < -0.39 is 0 Å². The summed E-state index contributed by atoms with van der Waals surface area (Å²) in [7, 11) is 1.46. The van der Waals surface area contributed by atoms with Crippen LogP contribution in [0.25, 0.3) is 0 Å². The van der Waals surface area contributed by atoms with E-state index >= 15 is 0 Å². The third-order valence-electron chi connectivity index (χ3n) is 3.06. The number of nitrogens with zero attached hydrogens (tertiary/aromatic N) is 1. The van der Waals surface area contributed by atoms with E-state index in [0.29, 0.717) is 0 Å². The number of ether oxygens (including phenoxy) is 1. The van der Waals surface area contributed by atoms with Crippen LogP contribution < -0.4 is 0 Å². The molecule has 1 aliphatic heterocycles. The molecule has 1 unspecified atom stereocenters. The summed E-state index contributed by atoms with van der Waals surface area (Å²) in [5, 5.41) is 0. The highest BCUT2D eigenvalue weighted by Gasteiger charge is 2.28. The number of rotatable bonds is 3. The molecule has 0 aromatic heterocycles. The summed E-state index contributed by atoms with van der Waals surface area (Å²) in [6.45, 7) is 2.73. The minimum Gasteiger partial charge on any atom is -0.469 e. The highest BCUT2D eigenvalue weighted by molar-refractivity contribution is 5.85. The number of benzene rings is 1. The van der Waals surface area contributed by atoms with Gasteiger partial charge in [0.2, 0.25) is 0 Å². The lowest BCUT2D eigenvalue weighted by molar-refractivity contribution is -0.144. The number of carbonyl (C=O) groups excluding carboxylic acids is 1. The van der Waals surface area contributed by atoms with Gasteiger partial charge in [-0.25, -0.2) is 0 Å². The van der Waals surface area contributed by atoms with Crippen LogP contribution in [0, 0.1) is 5.92 Å². The second-order valence-electron chi connectivity index (χ2n) is 4.23. The molecular weight excluding hydrogens is 238 g/mol. The Labute approximate surface area is 108 Å². The van der Waals surface area contributed by atoms with Crippen molar-refractivity contribution in [3.8, 4) is 0 Å². The molecule has 1 atom stereocenters. The molecular formula is C13H18ClNO2. The Hall–Kier alpha value is -1.06. The van der Waals surface area contributed by atoms with Gasteiger partial charge in [0, 0.05) is 13.1 Å². The van der Waals surface area contributed by atoms with Gasteiger partial charge in [-0.2, -0.15) is 0 Å². The average molecular weight is 256 g/mol. The van der Waals surface area contributed by atoms with Crippen molar-refractivity contribution in [3.63, 3.8) is 0 Å². The standard InChI is InChI=1S/C13H17NO2.ClH/c1-16-13(15)12-7-8-14(10-12)9-11-5-3-2-4-6-11;/h2-6,12H,7-10H2,1H3;1H. The van der Waals surface area contributed by atoms with Crippen LogP contribution in [-0.2, 0) is 16.1 Å². The number of methoxy groups -OCH3 is 1. The molecule has 1 aromatic rings. The van der Waals surface area contributed by atoms with Crippen LogP contribution in [0.15, 0.2) is 30.3 Å². The van der Waals surface area contributed by atoms with E-state index in [4.69, 9.17) is 4.74 Å². The molecule has 1 saturated heterocycles. The quantitative estimate of drug-likeness (QED) is 0.775. The van der Waals surface area contributed by atoms with E-state index in [0.717, 1.165) is 26.1 Å². The van der Waals surface area contributed by atoms with Crippen molar-refractivity contribution in [2.45, 2.75) is 13.0 Å². The van der Waals surface area contributed by atoms with Gasteiger partial charge < -0.3 is 4.74 Å². The van der Waals surface area contributed by atoms with E-state index in [1.54, 1.807) is 0 Å². The highest BCUT2D eigenvalue weighted by atomic mass is 35.5. The Balaban J connectivity index is 0.00000144. The maximum atomic E-state index is 11.4. The second kappa shape index (κ2) is 6.62. The summed E-state index contributed by atoms with van der Waals surface area (Å²) >= 11 is 0. The topological polar surface area (TPSA) is 29.5 Å². The summed E-state index contributed by atoms with van der Waals surface area (Å²) < 4.78 is 4.77. The van der Waals surface area contributed by atoms with Crippen LogP contribution in [0.3, 0.4) is 0 Å². The van der Waals surface area contributed by atoms with E-state index in [1.165, 1.54) is 12.7 Å². The lowest BCUT2D eigenvalue weighted by atomic mass is 10.1. The fourth-order valence-corrected chi connectivity index (χ4v) is 2.18. The molecule has 0 spiro atoms. The number of esters is 1. The van der Waals surface area contributed by atoms with E-state index in [9.17, 15) is 4.79 Å². The molecule has 3 nitrogen and oxygen atoms in total. The van der Waals surface area contributed by atoms with E-state index in [-0.39, 0.29) is 24.3 Å². The number of halogens is 1. The predicted octanol–water partition coefficient (Wildman–Crippen LogP) is 2.10. The zero-order chi connectivity index (χ0) is 11.4. The predicted molar refractivity (Wildman–Crippen MR) is 69.1 cm³/mol. The van der Waals surface area contributed by atoms with Crippen molar-refractivity contribution in [2.24, 2.45) is 5.92 Å². The van der Waals surface area contributed by atoms with E-state index in [2.05, 4.69) is 17.0 Å². The number of hydrogen-bond donors (Lipinski definition) is 0. The lowest BCUT2D eigenvalue weighted by Gasteiger charge is -2.15. The molecule has 0 saturated carbocycles. The Morgan fingerprint density at radius 2 is 2.12 bits per heavy atom. The minimum atomic E-state index is -0.0736. The first-order valence-electron chi connectivity index (χ1n) is 5.63. The molecule has 0 bridgehead atoms. The Bertz CT molecular complexity index is 356. The molecule has 1 fully saturated rings. The van der Waals surface area contributed by atoms with Gasteiger partial charge >= 0.3 is 5.97 Å². The molecule has 1 aromatic carbocycles. The SMILES string of the molecule is COC(=O)C1CCN(Cc2ccccc2)C1.Cl. The maximum Gasteiger partial charge on any atom is 0.310 e. The Morgan fingerprint density at radius 3 is 2.76 bits per heavy atom. The zero-order valence-corrected chi connectivity index (χ0v) is 10.8. The van der Waals surface area contributed by atoms with Crippen molar-refractivity contribution >= 4 is 18.4 Å². The summed E-state index contributed by atoms with van der Waals surface area (Å²) in [6.07, 6.45) is 0.916. The molecule has 1 heterocycles. The molecule has 1 aliphatic rings. The molecule has 17 heavy (non-hydrogen) atoms. The van der Waals surface area contributed by atoms with Gasteiger partial charge in [0.1, 0.15) is 0 Å². The van der Waals surface area contributed by atoms with Crippen LogP contribution >= 0.6 is 12.4 Å². The van der Waals surface area contributed by atoms with Gasteiger partial charge in [0.25, 0.3) is 0 Å². The molecule has 0 radical (unpaired) electrons.